The van der Waals surface area contributed by atoms with Crippen molar-refractivity contribution in [2.45, 2.75) is 44.6 Å². The van der Waals surface area contributed by atoms with Gasteiger partial charge in [-0.05, 0) is 90.0 Å². The number of amides is 1. The highest BCUT2D eigenvalue weighted by Crippen LogP contribution is 2.40. The summed E-state index contributed by atoms with van der Waals surface area (Å²) in [5.74, 6) is 1.68. The normalized spacial score (nSPS) is 18.8. The number of nitrogens with zero attached hydrogens (tertiary/aromatic N) is 3. The van der Waals surface area contributed by atoms with Crippen LogP contribution in [0.5, 0.6) is 0 Å². The van der Waals surface area contributed by atoms with E-state index in [1.165, 1.54) is 12.0 Å². The van der Waals surface area contributed by atoms with Crippen molar-refractivity contribution in [2.24, 2.45) is 0 Å². The molecule has 9 heteroatoms. The third-order valence-corrected chi connectivity index (χ3v) is 7.92. The maximum Gasteiger partial charge on any atom is 0.234 e. The molecule has 1 fully saturated rings. The van der Waals surface area contributed by atoms with Crippen LogP contribution in [0.3, 0.4) is 0 Å². The zero-order chi connectivity index (χ0) is 26.0. The number of hydrogen-bond acceptors (Lipinski definition) is 7. The summed E-state index contributed by atoms with van der Waals surface area (Å²) >= 11 is 3.55. The Labute approximate surface area is 226 Å². The topological polar surface area (TPSA) is 102 Å². The van der Waals surface area contributed by atoms with Gasteiger partial charge in [0.05, 0.1) is 16.5 Å². The van der Waals surface area contributed by atoms with E-state index in [2.05, 4.69) is 71.0 Å². The first-order chi connectivity index (χ1) is 17.8. The highest BCUT2D eigenvalue weighted by molar-refractivity contribution is 9.10. The van der Waals surface area contributed by atoms with Gasteiger partial charge in [-0.25, -0.2) is 4.98 Å². The molecule has 8 nitrogen and oxygen atoms in total. The molecule has 5 rings (SSSR count). The number of hydrogen-bond donors (Lipinski definition) is 4. The van der Waals surface area contributed by atoms with Gasteiger partial charge in [0.1, 0.15) is 5.82 Å². The van der Waals surface area contributed by atoms with Crippen molar-refractivity contribution in [1.82, 2.24) is 14.9 Å². The average Bonchev–Trinajstić information content (AvgIpc) is 3.13. The molecule has 1 amide bonds. The van der Waals surface area contributed by atoms with Gasteiger partial charge in [0, 0.05) is 37.2 Å². The van der Waals surface area contributed by atoms with Gasteiger partial charge in [-0.3, -0.25) is 4.79 Å². The van der Waals surface area contributed by atoms with Crippen LogP contribution in [-0.2, 0) is 16.8 Å². The third kappa shape index (κ3) is 5.49. The largest absolute Gasteiger partial charge is 0.395 e. The van der Waals surface area contributed by atoms with Gasteiger partial charge in [0.15, 0.2) is 0 Å². The minimum absolute atomic E-state index is 0.0154. The summed E-state index contributed by atoms with van der Waals surface area (Å²) in [6, 6.07) is 14.4. The predicted octanol–water partition coefficient (Wildman–Crippen LogP) is 5.00. The highest BCUT2D eigenvalue weighted by Gasteiger charge is 2.39. The van der Waals surface area contributed by atoms with Crippen LogP contribution in [0.2, 0.25) is 0 Å². The Morgan fingerprint density at radius 3 is 2.81 bits per heavy atom. The van der Waals surface area contributed by atoms with Crippen LogP contribution in [0.1, 0.15) is 49.3 Å². The molecule has 1 unspecified atom stereocenters. The Balaban J connectivity index is 1.26. The van der Waals surface area contributed by atoms with Crippen LogP contribution in [0.4, 0.5) is 23.1 Å². The van der Waals surface area contributed by atoms with E-state index in [-0.39, 0.29) is 12.5 Å². The van der Waals surface area contributed by atoms with E-state index in [9.17, 15) is 9.90 Å². The Morgan fingerprint density at radius 1 is 1.22 bits per heavy atom. The van der Waals surface area contributed by atoms with Crippen LogP contribution >= 0.6 is 15.9 Å². The van der Waals surface area contributed by atoms with Crippen molar-refractivity contribution < 1.29 is 9.90 Å². The first-order valence-corrected chi connectivity index (χ1v) is 13.5. The van der Waals surface area contributed by atoms with Gasteiger partial charge in [-0.2, -0.15) is 4.98 Å². The Bertz CT molecular complexity index is 1280. The summed E-state index contributed by atoms with van der Waals surface area (Å²) < 4.78 is 0.763. The second kappa shape index (κ2) is 10.8. The lowest BCUT2D eigenvalue weighted by molar-refractivity contribution is -0.119. The fraction of sp³-hybridized carbons (Fsp3) is 0.393. The Hall–Kier alpha value is -3.01. The van der Waals surface area contributed by atoms with Crippen molar-refractivity contribution in [1.29, 1.82) is 0 Å². The van der Waals surface area contributed by atoms with Gasteiger partial charge in [-0.1, -0.05) is 24.3 Å². The van der Waals surface area contributed by atoms with Crippen molar-refractivity contribution in [3.05, 3.63) is 69.8 Å². The van der Waals surface area contributed by atoms with Crippen molar-refractivity contribution in [3.63, 3.8) is 0 Å². The summed E-state index contributed by atoms with van der Waals surface area (Å²) in [5, 5.41) is 19.0. The van der Waals surface area contributed by atoms with E-state index in [1.807, 2.05) is 32.0 Å². The fourth-order valence-corrected chi connectivity index (χ4v) is 5.68. The Morgan fingerprint density at radius 2 is 2.03 bits per heavy atom. The molecule has 2 aliphatic heterocycles. The fourth-order valence-electron chi connectivity index (χ4n) is 5.35. The molecule has 194 valence electrons. The van der Waals surface area contributed by atoms with Crippen LogP contribution < -0.4 is 16.0 Å². The molecular formula is C28H33BrN6O2. The number of carbonyl (C=O) groups excluding carboxylic acids is 1. The second-order valence-electron chi connectivity index (χ2n) is 10.3. The van der Waals surface area contributed by atoms with E-state index in [4.69, 9.17) is 0 Å². The lowest BCUT2D eigenvalue weighted by atomic mass is 9.83. The van der Waals surface area contributed by atoms with Crippen LogP contribution in [-0.4, -0.2) is 52.1 Å². The molecule has 0 bridgehead atoms. The standard InChI is InChI=1S/C28H33BrN6O2/c1-28(2)24-19(5-3-7-23(24)33-26(28)37)15-30-25-22(29)16-31-27(34-25)32-21-10-8-18(9-11-21)20-6-4-12-35(17-20)13-14-36/h3,5,7-11,16,20,36H,4,6,12-15,17H2,1-2H3,(H,33,37)(H2,30,31,32,34). The minimum atomic E-state index is -0.579. The number of piperidine rings is 1. The number of aliphatic hydroxyl groups excluding tert-OH is 1. The maximum atomic E-state index is 12.4. The molecule has 0 aliphatic carbocycles. The molecule has 0 spiro atoms. The monoisotopic (exact) mass is 564 g/mol. The lowest BCUT2D eigenvalue weighted by Crippen LogP contribution is -2.36. The highest BCUT2D eigenvalue weighted by atomic mass is 79.9. The van der Waals surface area contributed by atoms with E-state index < -0.39 is 5.41 Å². The quantitative estimate of drug-likeness (QED) is 0.305. The third-order valence-electron chi connectivity index (χ3n) is 7.34. The second-order valence-corrected chi connectivity index (χ2v) is 11.1. The van der Waals surface area contributed by atoms with Crippen LogP contribution in [0.15, 0.2) is 53.1 Å². The number of benzene rings is 2. The number of aromatic nitrogens is 2. The minimum Gasteiger partial charge on any atom is -0.395 e. The van der Waals surface area contributed by atoms with Gasteiger partial charge in [-0.15, -0.1) is 0 Å². The summed E-state index contributed by atoms with van der Waals surface area (Å²) in [4.78, 5) is 23.9. The molecule has 1 saturated heterocycles. The van der Waals surface area contributed by atoms with Gasteiger partial charge >= 0.3 is 0 Å². The van der Waals surface area contributed by atoms with Crippen molar-refractivity contribution in [2.75, 3.05) is 42.2 Å². The zero-order valence-corrected chi connectivity index (χ0v) is 22.8. The SMILES string of the molecule is CC1(C)C(=O)Nc2cccc(CNc3nc(Nc4ccc(C5CCCN(CCO)C5)cc4)ncc3Br)c21. The summed E-state index contributed by atoms with van der Waals surface area (Å²) in [7, 11) is 0. The van der Waals surface area contributed by atoms with E-state index >= 15 is 0 Å². The Kier molecular flexibility index (Phi) is 7.46. The van der Waals surface area contributed by atoms with E-state index in [1.54, 1.807) is 6.20 Å². The molecule has 4 N–H and O–H groups in total. The smallest absolute Gasteiger partial charge is 0.234 e. The molecule has 2 aliphatic rings. The molecule has 0 saturated carbocycles. The zero-order valence-electron chi connectivity index (χ0n) is 21.2. The van der Waals surface area contributed by atoms with E-state index in [0.29, 0.717) is 24.2 Å². The number of nitrogens with one attached hydrogen (secondary N) is 3. The number of fused-ring (bicyclic) bond motifs is 1. The van der Waals surface area contributed by atoms with Crippen molar-refractivity contribution >= 4 is 45.0 Å². The first kappa shape index (κ1) is 25.6. The molecule has 2 aromatic carbocycles. The molecule has 0 radical (unpaired) electrons. The number of rotatable bonds is 8. The molecule has 37 heavy (non-hydrogen) atoms. The number of β-amino-alcohol motifs (C(OH)–C–C–N with tert-alkyl or cyclic N) is 1. The number of likely N-dealkylation sites (tertiary alicyclic amines) is 1. The van der Waals surface area contributed by atoms with Crippen molar-refractivity contribution in [3.8, 4) is 0 Å². The molecular weight excluding hydrogens is 532 g/mol. The molecule has 1 aromatic heterocycles. The molecule has 3 aromatic rings. The molecule has 1 atom stereocenters. The van der Waals surface area contributed by atoms with E-state index in [0.717, 1.165) is 53.0 Å². The van der Waals surface area contributed by atoms with Gasteiger partial charge in [0.2, 0.25) is 11.9 Å². The predicted molar refractivity (Wildman–Crippen MR) is 150 cm³/mol. The van der Waals surface area contributed by atoms with Crippen LogP contribution in [0, 0.1) is 0 Å². The molecule has 3 heterocycles. The lowest BCUT2D eigenvalue weighted by Gasteiger charge is -2.32. The maximum absolute atomic E-state index is 12.4. The number of halogens is 1. The first-order valence-electron chi connectivity index (χ1n) is 12.8. The summed E-state index contributed by atoms with van der Waals surface area (Å²) in [6.07, 6.45) is 4.06. The van der Waals surface area contributed by atoms with Crippen LogP contribution in [0.25, 0.3) is 0 Å². The number of aliphatic hydroxyl groups is 1. The summed E-state index contributed by atoms with van der Waals surface area (Å²) in [5.41, 5.74) is 4.61. The average molecular weight is 566 g/mol. The number of carbonyl (C=O) groups is 1. The van der Waals surface area contributed by atoms with Gasteiger partial charge in [0.25, 0.3) is 0 Å². The summed E-state index contributed by atoms with van der Waals surface area (Å²) in [6.45, 7) is 7.43. The van der Waals surface area contributed by atoms with Gasteiger partial charge < -0.3 is 26.0 Å². The number of anilines is 4.